The molecule has 0 aromatic rings. The number of fused-ring (bicyclic) bond motifs is 3. The largest absolute Gasteiger partial charge is 0.444 e. The van der Waals surface area contributed by atoms with Crippen LogP contribution in [-0.4, -0.2) is 102 Å². The number of carbonyl (C=O) groups excluding carboxylic acids is 3. The molecule has 246 valence electrons. The van der Waals surface area contributed by atoms with E-state index >= 15 is 4.39 Å². The van der Waals surface area contributed by atoms with Crippen molar-refractivity contribution in [2.45, 2.75) is 133 Å². The van der Waals surface area contributed by atoms with Crippen molar-refractivity contribution in [2.24, 2.45) is 23.5 Å². The number of carbonyl (C=O) groups is 3. The molecule has 10 nitrogen and oxygen atoms in total. The van der Waals surface area contributed by atoms with E-state index in [0.717, 1.165) is 25.7 Å². The quantitative estimate of drug-likeness (QED) is 0.294. The monoisotopic (exact) mass is 617 g/mol. The second-order valence-electron chi connectivity index (χ2n) is 15.1. The summed E-state index contributed by atoms with van der Waals surface area (Å²) in [5.41, 5.74) is 5.16. The second-order valence-corrected chi connectivity index (χ2v) is 15.1. The number of ether oxygens (including phenoxy) is 2. The van der Waals surface area contributed by atoms with E-state index in [1.807, 2.05) is 27.0 Å². The number of ketones is 1. The maximum absolute atomic E-state index is 16.4. The number of nitrogens with one attached hydrogen (secondary N) is 2. The van der Waals surface area contributed by atoms with Gasteiger partial charge in [-0.3, -0.25) is 14.5 Å². The van der Waals surface area contributed by atoms with Crippen LogP contribution in [0.2, 0.25) is 0 Å². The Morgan fingerprint density at radius 1 is 1.09 bits per heavy atom. The van der Waals surface area contributed by atoms with Crippen molar-refractivity contribution in [1.82, 2.24) is 20.4 Å². The highest BCUT2D eigenvalue weighted by Gasteiger charge is 2.61. The Balaban J connectivity index is 1.25. The van der Waals surface area contributed by atoms with Gasteiger partial charge < -0.3 is 30.7 Å². The number of morpholine rings is 1. The summed E-state index contributed by atoms with van der Waals surface area (Å²) in [6, 6.07) is -0.917. The van der Waals surface area contributed by atoms with Gasteiger partial charge in [0.05, 0.1) is 35.9 Å². The fourth-order valence-electron chi connectivity index (χ4n) is 9.08. The highest BCUT2D eigenvalue weighted by molar-refractivity contribution is 6.20. The lowest BCUT2D eigenvalue weighted by Crippen LogP contribution is -2.73. The third-order valence-electron chi connectivity index (χ3n) is 11.0. The number of likely N-dealkylation sites (tertiary alicyclic amines) is 1. The number of Topliss-reactive ketones (excluding diaryl/α,β-unsaturated/α-hetero) is 1. The van der Waals surface area contributed by atoms with E-state index in [4.69, 9.17) is 15.2 Å². The van der Waals surface area contributed by atoms with Gasteiger partial charge in [-0.05, 0) is 77.7 Å². The number of rotatable bonds is 7. The molecule has 3 aliphatic heterocycles. The molecule has 0 aromatic heterocycles. The van der Waals surface area contributed by atoms with E-state index in [0.29, 0.717) is 44.4 Å². The van der Waals surface area contributed by atoms with E-state index in [2.05, 4.69) is 20.4 Å². The zero-order valence-corrected chi connectivity index (χ0v) is 26.6. The maximum Gasteiger partial charge on any atom is 0.407 e. The maximum atomic E-state index is 16.4. The first-order valence-corrected chi connectivity index (χ1v) is 17.1. The van der Waals surface area contributed by atoms with Gasteiger partial charge in [-0.15, -0.1) is 0 Å². The number of unbranched alkanes of at least 4 members (excludes halogenated alkanes) is 1. The van der Waals surface area contributed by atoms with Crippen LogP contribution in [0.5, 0.6) is 0 Å². The van der Waals surface area contributed by atoms with Crippen molar-refractivity contribution < 1.29 is 28.2 Å². The van der Waals surface area contributed by atoms with Gasteiger partial charge in [-0.25, -0.2) is 9.18 Å². The number of nitrogens with two attached hydrogens (primary N) is 1. The molecule has 2 amide bonds. The van der Waals surface area contributed by atoms with Gasteiger partial charge in [0.2, 0.25) is 0 Å². The fraction of sp³-hybridized carbons (Fsp3) is 0.848. The minimum atomic E-state index is -1.29. The third-order valence-corrected chi connectivity index (χ3v) is 11.0. The molecule has 10 atom stereocenters. The second kappa shape index (κ2) is 12.9. The van der Waals surface area contributed by atoms with E-state index in [1.165, 1.54) is 25.7 Å². The average Bonchev–Trinajstić information content (AvgIpc) is 3.41. The van der Waals surface area contributed by atoms with Crippen LogP contribution in [0.1, 0.15) is 85.0 Å². The van der Waals surface area contributed by atoms with Crippen LogP contribution in [0.15, 0.2) is 11.8 Å². The van der Waals surface area contributed by atoms with Gasteiger partial charge in [0.15, 0.2) is 5.78 Å². The van der Waals surface area contributed by atoms with E-state index in [-0.39, 0.29) is 47.9 Å². The van der Waals surface area contributed by atoms with Crippen molar-refractivity contribution >= 4 is 17.8 Å². The number of amides is 2. The van der Waals surface area contributed by atoms with Crippen LogP contribution in [0.4, 0.5) is 9.18 Å². The average molecular weight is 618 g/mol. The molecule has 2 saturated heterocycles. The summed E-state index contributed by atoms with van der Waals surface area (Å²) in [4.78, 5) is 44.1. The zero-order chi connectivity index (χ0) is 31.2. The minimum absolute atomic E-state index is 0.0619. The van der Waals surface area contributed by atoms with Crippen LogP contribution in [0.3, 0.4) is 0 Å². The molecule has 4 N–H and O–H groups in total. The zero-order valence-electron chi connectivity index (χ0n) is 26.6. The first-order chi connectivity index (χ1) is 21.0. The van der Waals surface area contributed by atoms with Crippen LogP contribution in [0.25, 0.3) is 0 Å². The molecule has 6 aliphatic rings. The Kier molecular flexibility index (Phi) is 9.28. The van der Waals surface area contributed by atoms with Gasteiger partial charge in [-0.1, -0.05) is 25.7 Å². The number of hydrogen-bond acceptors (Lipinski definition) is 8. The molecule has 9 unspecified atom stereocenters. The summed E-state index contributed by atoms with van der Waals surface area (Å²) in [6.07, 6.45) is 8.62. The van der Waals surface area contributed by atoms with Crippen LogP contribution < -0.4 is 16.4 Å². The number of alkyl carbamates (subject to hydrolysis) is 1. The molecular weight excluding hydrogens is 565 g/mol. The first-order valence-electron chi connectivity index (χ1n) is 17.1. The van der Waals surface area contributed by atoms with Crippen molar-refractivity contribution in [3.8, 4) is 0 Å². The molecule has 0 spiro atoms. The number of halogens is 1. The van der Waals surface area contributed by atoms with E-state index in [1.54, 1.807) is 0 Å². The van der Waals surface area contributed by atoms with Gasteiger partial charge in [0, 0.05) is 37.8 Å². The lowest BCUT2D eigenvalue weighted by Gasteiger charge is -2.61. The number of nitrogens with zero attached hydrogens (tertiary/aromatic N) is 2. The molecule has 3 heterocycles. The molecule has 6 rings (SSSR count). The van der Waals surface area contributed by atoms with Crippen LogP contribution >= 0.6 is 0 Å². The predicted octanol–water partition coefficient (Wildman–Crippen LogP) is 3.04. The summed E-state index contributed by atoms with van der Waals surface area (Å²) in [7, 11) is 0. The Hall–Kier alpha value is -2.24. The molecule has 44 heavy (non-hydrogen) atoms. The molecule has 0 bridgehead atoms. The van der Waals surface area contributed by atoms with Gasteiger partial charge in [-0.2, -0.15) is 0 Å². The Bertz CT molecular complexity index is 1130. The fourth-order valence-corrected chi connectivity index (χ4v) is 9.08. The predicted molar refractivity (Wildman–Crippen MR) is 163 cm³/mol. The molecular formula is C33H52FN5O5. The normalized spacial score (nSPS) is 38.6. The topological polar surface area (TPSA) is 126 Å². The van der Waals surface area contributed by atoms with Crippen molar-refractivity contribution in [1.29, 1.82) is 0 Å². The Labute approximate surface area is 261 Å². The highest BCUT2D eigenvalue weighted by Crippen LogP contribution is 2.51. The lowest BCUT2D eigenvalue weighted by atomic mass is 9.64. The molecule has 3 aliphatic carbocycles. The molecule has 3 saturated carbocycles. The highest BCUT2D eigenvalue weighted by atomic mass is 19.1. The number of alkyl halides is 1. The lowest BCUT2D eigenvalue weighted by molar-refractivity contribution is -0.219. The SMILES string of the molecule is CC(C)(C)OC(=O)N[C@@H]1CCN(C2C(F)CC3C(=O)C(C(=O)NCCCCN)=CN4C5CC6CCCCC6CC5OC2C34)C1. The molecule has 5 fully saturated rings. The summed E-state index contributed by atoms with van der Waals surface area (Å²) >= 11 is 0. The Morgan fingerprint density at radius 3 is 2.57 bits per heavy atom. The minimum Gasteiger partial charge on any atom is -0.444 e. The molecule has 11 heteroatoms. The van der Waals surface area contributed by atoms with Crippen LogP contribution in [0, 0.1) is 17.8 Å². The van der Waals surface area contributed by atoms with E-state index < -0.39 is 35.9 Å². The number of hydrogen-bond donors (Lipinski definition) is 3. The van der Waals surface area contributed by atoms with Crippen molar-refractivity contribution in [2.75, 3.05) is 26.2 Å². The smallest absolute Gasteiger partial charge is 0.407 e. The van der Waals surface area contributed by atoms with E-state index in [9.17, 15) is 14.4 Å². The van der Waals surface area contributed by atoms with Crippen molar-refractivity contribution in [3.63, 3.8) is 0 Å². The van der Waals surface area contributed by atoms with Gasteiger partial charge in [0.1, 0.15) is 11.8 Å². The molecule has 0 radical (unpaired) electrons. The summed E-state index contributed by atoms with van der Waals surface area (Å²) < 4.78 is 28.8. The first kappa shape index (κ1) is 31.7. The Morgan fingerprint density at radius 2 is 1.84 bits per heavy atom. The standard InChI is InChI=1S/C33H52FN5O5/c1-33(2,3)44-32(42)37-21-10-13-38(17-21)28-24(34)16-22-27-30(28)43-26-15-20-9-5-4-8-19(20)14-25(26)39(27)18-23(29(22)40)31(41)36-12-7-6-11-35/h18-22,24-28,30H,4-17,35H2,1-3H3,(H,36,41)(H,37,42)/t19?,20?,21-,22?,24?,25?,26?,27?,28?,30?/m1/s1. The summed E-state index contributed by atoms with van der Waals surface area (Å²) in [5.74, 6) is -0.0490. The summed E-state index contributed by atoms with van der Waals surface area (Å²) in [6.45, 7) is 7.62. The molecule has 0 aromatic carbocycles. The third kappa shape index (κ3) is 6.38. The summed E-state index contributed by atoms with van der Waals surface area (Å²) in [5, 5.41) is 5.88. The van der Waals surface area contributed by atoms with Gasteiger partial charge >= 0.3 is 6.09 Å². The van der Waals surface area contributed by atoms with Gasteiger partial charge in [0.25, 0.3) is 5.91 Å². The van der Waals surface area contributed by atoms with Crippen molar-refractivity contribution in [3.05, 3.63) is 11.8 Å². The van der Waals surface area contributed by atoms with Crippen LogP contribution in [-0.2, 0) is 19.1 Å².